The molecule has 30 heavy (non-hydrogen) atoms. The molecular weight excluding hydrogens is 376 g/mol. The van der Waals surface area contributed by atoms with Gasteiger partial charge < -0.3 is 20.0 Å². The van der Waals surface area contributed by atoms with Gasteiger partial charge in [-0.2, -0.15) is 0 Å². The fourth-order valence-corrected chi connectivity index (χ4v) is 8.19. The number of rotatable bonds is 6. The minimum absolute atomic E-state index is 0.0127. The Morgan fingerprint density at radius 2 is 1.83 bits per heavy atom. The Kier molecular flexibility index (Phi) is 6.29. The summed E-state index contributed by atoms with van der Waals surface area (Å²) >= 11 is 0. The quantitative estimate of drug-likeness (QED) is 0.386. The highest BCUT2D eigenvalue weighted by Gasteiger charge is 2.66. The molecule has 0 aromatic rings. The highest BCUT2D eigenvalue weighted by atomic mass is 16.6. The normalized spacial score (nSPS) is 48.4. The molecule has 0 radical (unpaired) electrons. The van der Waals surface area contributed by atoms with Gasteiger partial charge in [0, 0.05) is 12.8 Å². The second-order valence-electron chi connectivity index (χ2n) is 11.7. The Balaban J connectivity index is 1.43. The highest BCUT2D eigenvalue weighted by Crippen LogP contribution is 2.69. The van der Waals surface area contributed by atoms with Crippen LogP contribution < -0.4 is 0 Å². The molecule has 0 aromatic carbocycles. The van der Waals surface area contributed by atoms with Gasteiger partial charge in [0.05, 0.1) is 11.7 Å². The number of fused-ring (bicyclic) bond motifs is 5. The molecule has 8 atom stereocenters. The fraction of sp³-hybridized carbons (Fsp3) is 0.960. The zero-order valence-corrected chi connectivity index (χ0v) is 19.6. The molecule has 0 amide bonds. The lowest BCUT2D eigenvalue weighted by atomic mass is 9.43. The van der Waals surface area contributed by atoms with E-state index in [0.717, 1.165) is 57.9 Å². The van der Waals surface area contributed by atoms with Gasteiger partial charge in [-0.25, -0.2) is 0 Å². The SMILES string of the molecule is CN(C)CCO/N=C/C[C@@H]1CC[C@]2(O)[C@@H]3CC[C@@H]4C[C@@H](O)CC[C@]4(C)[C@H]3CC[C@]12C. The van der Waals surface area contributed by atoms with Crippen LogP contribution in [0, 0.1) is 34.5 Å². The van der Waals surface area contributed by atoms with Crippen LogP contribution in [0.1, 0.15) is 78.1 Å². The standard InChI is InChI=1S/C25H44N2O3/c1-23-11-8-20(28)17-19(23)5-6-22-21(23)9-12-24(2)18(7-13-25(22,24)29)10-14-26-30-16-15-27(3)4/h14,18-22,28-29H,5-13,15-17H2,1-4H3/b26-14+/t18-,19+,20-,21-,22+,23-,24+,25-/m0/s1. The molecule has 0 bridgehead atoms. The summed E-state index contributed by atoms with van der Waals surface area (Å²) in [5.41, 5.74) is -0.246. The summed E-state index contributed by atoms with van der Waals surface area (Å²) in [4.78, 5) is 7.50. The van der Waals surface area contributed by atoms with Crippen molar-refractivity contribution in [1.29, 1.82) is 0 Å². The van der Waals surface area contributed by atoms with E-state index in [0.29, 0.717) is 35.7 Å². The fourth-order valence-electron chi connectivity index (χ4n) is 8.19. The van der Waals surface area contributed by atoms with Crippen LogP contribution in [0.2, 0.25) is 0 Å². The van der Waals surface area contributed by atoms with Crippen LogP contribution in [0.25, 0.3) is 0 Å². The van der Waals surface area contributed by atoms with Crippen molar-refractivity contribution in [1.82, 2.24) is 4.90 Å². The zero-order valence-electron chi connectivity index (χ0n) is 19.6. The summed E-state index contributed by atoms with van der Waals surface area (Å²) in [5.74, 6) is 2.16. The van der Waals surface area contributed by atoms with Crippen molar-refractivity contribution in [2.24, 2.45) is 39.7 Å². The van der Waals surface area contributed by atoms with Crippen LogP contribution in [-0.4, -0.2) is 60.3 Å². The van der Waals surface area contributed by atoms with Gasteiger partial charge in [-0.3, -0.25) is 0 Å². The zero-order chi connectivity index (χ0) is 21.6. The van der Waals surface area contributed by atoms with Gasteiger partial charge in [0.25, 0.3) is 0 Å². The molecule has 4 saturated carbocycles. The Morgan fingerprint density at radius 3 is 2.60 bits per heavy atom. The molecule has 0 aromatic heterocycles. The maximum Gasteiger partial charge on any atom is 0.129 e. The Hall–Kier alpha value is -0.650. The lowest BCUT2D eigenvalue weighted by Gasteiger charge is -2.63. The summed E-state index contributed by atoms with van der Waals surface area (Å²) in [7, 11) is 4.07. The third kappa shape index (κ3) is 3.63. The van der Waals surface area contributed by atoms with E-state index in [-0.39, 0.29) is 11.5 Å². The molecule has 172 valence electrons. The molecule has 4 aliphatic carbocycles. The Labute approximate surface area is 183 Å². The Bertz CT molecular complexity index is 640. The second kappa shape index (κ2) is 8.37. The summed E-state index contributed by atoms with van der Waals surface area (Å²) in [5, 5.41) is 26.6. The van der Waals surface area contributed by atoms with Crippen LogP contribution in [-0.2, 0) is 4.84 Å². The van der Waals surface area contributed by atoms with E-state index in [1.54, 1.807) is 0 Å². The van der Waals surface area contributed by atoms with Crippen LogP contribution in [0.15, 0.2) is 5.16 Å². The van der Waals surface area contributed by atoms with Crippen LogP contribution in [0.5, 0.6) is 0 Å². The number of nitrogens with zero attached hydrogens (tertiary/aromatic N) is 2. The number of hydrogen-bond acceptors (Lipinski definition) is 5. The molecule has 4 rings (SSSR count). The molecule has 0 spiro atoms. The number of aliphatic hydroxyl groups excluding tert-OH is 1. The molecular formula is C25H44N2O3. The smallest absolute Gasteiger partial charge is 0.129 e. The van der Waals surface area contributed by atoms with Crippen molar-refractivity contribution < 1.29 is 15.1 Å². The molecule has 0 heterocycles. The predicted molar refractivity (Wildman–Crippen MR) is 120 cm³/mol. The number of aliphatic hydroxyl groups is 2. The first-order chi connectivity index (χ1) is 14.2. The van der Waals surface area contributed by atoms with E-state index in [1.807, 2.05) is 20.3 Å². The molecule has 0 saturated heterocycles. The van der Waals surface area contributed by atoms with Crippen molar-refractivity contribution in [3.05, 3.63) is 0 Å². The van der Waals surface area contributed by atoms with Crippen molar-refractivity contribution in [3.8, 4) is 0 Å². The maximum absolute atomic E-state index is 12.2. The minimum Gasteiger partial charge on any atom is -0.395 e. The van der Waals surface area contributed by atoms with Crippen molar-refractivity contribution in [3.63, 3.8) is 0 Å². The maximum atomic E-state index is 12.2. The first-order valence-electron chi connectivity index (χ1n) is 12.4. The lowest BCUT2D eigenvalue weighted by Crippen LogP contribution is -2.62. The first kappa shape index (κ1) is 22.5. The monoisotopic (exact) mass is 420 g/mol. The summed E-state index contributed by atoms with van der Waals surface area (Å²) < 4.78 is 0. The molecule has 5 nitrogen and oxygen atoms in total. The summed E-state index contributed by atoms with van der Waals surface area (Å²) in [6.45, 7) is 6.34. The van der Waals surface area contributed by atoms with Crippen LogP contribution in [0.3, 0.4) is 0 Å². The molecule has 0 aliphatic heterocycles. The van der Waals surface area contributed by atoms with Gasteiger partial charge in [-0.1, -0.05) is 19.0 Å². The minimum atomic E-state index is -0.537. The number of oxime groups is 1. The number of likely N-dealkylation sites (N-methyl/N-ethyl adjacent to an activating group) is 1. The highest BCUT2D eigenvalue weighted by molar-refractivity contribution is 5.57. The summed E-state index contributed by atoms with van der Waals surface area (Å²) in [6.07, 6.45) is 12.5. The van der Waals surface area contributed by atoms with Crippen LogP contribution in [0.4, 0.5) is 0 Å². The first-order valence-corrected chi connectivity index (χ1v) is 12.4. The van der Waals surface area contributed by atoms with Crippen LogP contribution >= 0.6 is 0 Å². The third-order valence-electron chi connectivity index (χ3n) is 10.2. The molecule has 5 heteroatoms. The van der Waals surface area contributed by atoms with E-state index in [4.69, 9.17) is 4.84 Å². The van der Waals surface area contributed by atoms with Gasteiger partial charge in [-0.05, 0) is 113 Å². The topological polar surface area (TPSA) is 65.3 Å². The number of hydrogen-bond donors (Lipinski definition) is 2. The summed E-state index contributed by atoms with van der Waals surface area (Å²) in [6, 6.07) is 0. The van der Waals surface area contributed by atoms with E-state index >= 15 is 0 Å². The molecule has 4 fully saturated rings. The van der Waals surface area contributed by atoms with E-state index < -0.39 is 5.60 Å². The van der Waals surface area contributed by atoms with Crippen molar-refractivity contribution in [2.45, 2.75) is 89.8 Å². The van der Waals surface area contributed by atoms with E-state index in [1.165, 1.54) is 12.8 Å². The second-order valence-corrected chi connectivity index (χ2v) is 11.7. The average molecular weight is 421 g/mol. The van der Waals surface area contributed by atoms with E-state index in [2.05, 4.69) is 23.9 Å². The van der Waals surface area contributed by atoms with Gasteiger partial charge in [-0.15, -0.1) is 0 Å². The predicted octanol–water partition coefficient (Wildman–Crippen LogP) is 4.08. The Morgan fingerprint density at radius 1 is 1.03 bits per heavy atom. The van der Waals surface area contributed by atoms with Gasteiger partial charge >= 0.3 is 0 Å². The van der Waals surface area contributed by atoms with Crippen molar-refractivity contribution >= 4 is 6.21 Å². The van der Waals surface area contributed by atoms with Crippen molar-refractivity contribution in [2.75, 3.05) is 27.2 Å². The van der Waals surface area contributed by atoms with Gasteiger partial charge in [0.2, 0.25) is 0 Å². The van der Waals surface area contributed by atoms with Gasteiger partial charge in [0.15, 0.2) is 0 Å². The molecule has 0 unspecified atom stereocenters. The van der Waals surface area contributed by atoms with Gasteiger partial charge in [0.1, 0.15) is 6.61 Å². The van der Waals surface area contributed by atoms with E-state index in [9.17, 15) is 10.2 Å². The largest absolute Gasteiger partial charge is 0.395 e. The average Bonchev–Trinajstić information content (AvgIpc) is 2.96. The molecule has 2 N–H and O–H groups in total. The lowest BCUT2D eigenvalue weighted by molar-refractivity contribution is -0.209. The molecule has 4 aliphatic rings. The third-order valence-corrected chi connectivity index (χ3v) is 10.2.